The molecule has 0 unspecified atom stereocenters. The van der Waals surface area contributed by atoms with E-state index in [1.54, 1.807) is 12.1 Å². The fourth-order valence-corrected chi connectivity index (χ4v) is 1.35. The minimum Gasteiger partial charge on any atom is -0.341 e. The van der Waals surface area contributed by atoms with Gasteiger partial charge in [0.2, 0.25) is 0 Å². The maximum atomic E-state index is 12.3. The van der Waals surface area contributed by atoms with Gasteiger partial charge in [0.15, 0.2) is 0 Å². The molecule has 0 saturated carbocycles. The van der Waals surface area contributed by atoms with Gasteiger partial charge in [-0.2, -0.15) is 13.2 Å². The minimum atomic E-state index is -4.44. The van der Waals surface area contributed by atoms with Crippen LogP contribution in [0.4, 0.5) is 13.2 Å². The van der Waals surface area contributed by atoms with Crippen LogP contribution in [0, 0.1) is 0 Å². The standard InChI is InChI=1S/C12H15F3N2O/c1-8(12(13,14)15)17-11(18)10-4-2-9(3-5-10)6-7-16/h2-5,8H,6-7,16H2,1H3,(H,17,18)/t8-/m0/s1. The number of alkyl halides is 3. The predicted molar refractivity (Wildman–Crippen MR) is 62.2 cm³/mol. The number of nitrogens with one attached hydrogen (secondary N) is 1. The summed E-state index contributed by atoms with van der Waals surface area (Å²) in [5.41, 5.74) is 6.51. The van der Waals surface area contributed by atoms with Crippen LogP contribution in [0.2, 0.25) is 0 Å². The third kappa shape index (κ3) is 4.03. The van der Waals surface area contributed by atoms with Crippen molar-refractivity contribution < 1.29 is 18.0 Å². The summed E-state index contributed by atoms with van der Waals surface area (Å²) in [7, 11) is 0. The summed E-state index contributed by atoms with van der Waals surface area (Å²) in [5.74, 6) is -0.737. The SMILES string of the molecule is C[C@H](NC(=O)c1ccc(CCN)cc1)C(F)(F)F. The van der Waals surface area contributed by atoms with Crippen LogP contribution in [0.3, 0.4) is 0 Å². The van der Waals surface area contributed by atoms with Crippen molar-refractivity contribution in [3.63, 3.8) is 0 Å². The Morgan fingerprint density at radius 2 is 1.89 bits per heavy atom. The topological polar surface area (TPSA) is 55.1 Å². The lowest BCUT2D eigenvalue weighted by molar-refractivity contribution is -0.149. The van der Waals surface area contributed by atoms with Gasteiger partial charge in [-0.1, -0.05) is 12.1 Å². The summed E-state index contributed by atoms with van der Waals surface area (Å²) in [6, 6.07) is 4.47. The number of rotatable bonds is 4. The molecule has 0 heterocycles. The third-order valence-electron chi connectivity index (χ3n) is 2.49. The molecule has 6 heteroatoms. The number of hydrogen-bond acceptors (Lipinski definition) is 2. The van der Waals surface area contributed by atoms with Gasteiger partial charge in [0.05, 0.1) is 0 Å². The second-order valence-electron chi connectivity index (χ2n) is 3.97. The summed E-state index contributed by atoms with van der Waals surface area (Å²) in [6.07, 6.45) is -3.77. The molecule has 100 valence electrons. The second-order valence-corrected chi connectivity index (χ2v) is 3.97. The van der Waals surface area contributed by atoms with E-state index in [0.717, 1.165) is 12.5 Å². The third-order valence-corrected chi connectivity index (χ3v) is 2.49. The van der Waals surface area contributed by atoms with Crippen LogP contribution < -0.4 is 11.1 Å². The van der Waals surface area contributed by atoms with Gasteiger partial charge in [0.1, 0.15) is 6.04 Å². The maximum Gasteiger partial charge on any atom is 0.408 e. The summed E-state index contributed by atoms with van der Waals surface area (Å²) in [4.78, 5) is 11.5. The molecule has 0 bridgehead atoms. The minimum absolute atomic E-state index is 0.201. The highest BCUT2D eigenvalue weighted by Gasteiger charge is 2.37. The molecule has 1 aromatic rings. The first-order chi connectivity index (χ1) is 8.34. The molecule has 0 saturated heterocycles. The molecular formula is C12H15F3N2O. The van der Waals surface area contributed by atoms with Crippen molar-refractivity contribution in [1.82, 2.24) is 5.32 Å². The van der Waals surface area contributed by atoms with Crippen LogP contribution in [0.5, 0.6) is 0 Å². The first-order valence-electron chi connectivity index (χ1n) is 5.51. The quantitative estimate of drug-likeness (QED) is 0.868. The molecule has 1 aromatic carbocycles. The Kier molecular flexibility index (Phi) is 4.72. The average molecular weight is 260 g/mol. The molecule has 1 amide bonds. The molecule has 0 radical (unpaired) electrons. The van der Waals surface area contributed by atoms with Gasteiger partial charge < -0.3 is 11.1 Å². The highest BCUT2D eigenvalue weighted by molar-refractivity contribution is 5.94. The van der Waals surface area contributed by atoms with E-state index in [0.29, 0.717) is 13.0 Å². The van der Waals surface area contributed by atoms with Crippen molar-refractivity contribution in [2.75, 3.05) is 6.54 Å². The van der Waals surface area contributed by atoms with Crippen LogP contribution >= 0.6 is 0 Å². The van der Waals surface area contributed by atoms with E-state index < -0.39 is 18.1 Å². The molecule has 18 heavy (non-hydrogen) atoms. The van der Waals surface area contributed by atoms with Gasteiger partial charge in [0.25, 0.3) is 5.91 Å². The van der Waals surface area contributed by atoms with Gasteiger partial charge in [0, 0.05) is 5.56 Å². The van der Waals surface area contributed by atoms with Crippen molar-refractivity contribution in [3.05, 3.63) is 35.4 Å². The lowest BCUT2D eigenvalue weighted by Crippen LogP contribution is -2.43. The number of hydrogen-bond donors (Lipinski definition) is 2. The van der Waals surface area contributed by atoms with E-state index in [2.05, 4.69) is 0 Å². The number of amides is 1. The zero-order valence-electron chi connectivity index (χ0n) is 9.92. The lowest BCUT2D eigenvalue weighted by Gasteiger charge is -2.17. The van der Waals surface area contributed by atoms with E-state index >= 15 is 0 Å². The molecule has 0 fully saturated rings. The summed E-state index contributed by atoms with van der Waals surface area (Å²) < 4.78 is 36.8. The second kappa shape index (κ2) is 5.86. The van der Waals surface area contributed by atoms with Crippen molar-refractivity contribution in [1.29, 1.82) is 0 Å². The van der Waals surface area contributed by atoms with Crippen molar-refractivity contribution >= 4 is 5.91 Å². The maximum absolute atomic E-state index is 12.3. The highest BCUT2D eigenvalue weighted by atomic mass is 19.4. The first kappa shape index (κ1) is 14.5. The van der Waals surface area contributed by atoms with Crippen LogP contribution in [-0.2, 0) is 6.42 Å². The summed E-state index contributed by atoms with van der Waals surface area (Å²) >= 11 is 0. The van der Waals surface area contributed by atoms with Crippen LogP contribution in [0.15, 0.2) is 24.3 Å². The molecule has 3 N–H and O–H groups in total. The zero-order chi connectivity index (χ0) is 13.8. The van der Waals surface area contributed by atoms with E-state index in [4.69, 9.17) is 5.73 Å². The number of carbonyl (C=O) groups is 1. The molecule has 1 rings (SSSR count). The molecule has 3 nitrogen and oxygen atoms in total. The number of carbonyl (C=O) groups excluding carboxylic acids is 1. The molecular weight excluding hydrogens is 245 g/mol. The Hall–Kier alpha value is -1.56. The van der Waals surface area contributed by atoms with Gasteiger partial charge in [-0.25, -0.2) is 0 Å². The Morgan fingerprint density at radius 3 is 2.33 bits per heavy atom. The Morgan fingerprint density at radius 1 is 1.33 bits per heavy atom. The van der Waals surface area contributed by atoms with E-state index in [-0.39, 0.29) is 5.56 Å². The van der Waals surface area contributed by atoms with Crippen LogP contribution in [0.25, 0.3) is 0 Å². The number of nitrogens with two attached hydrogens (primary N) is 1. The zero-order valence-corrected chi connectivity index (χ0v) is 9.92. The molecule has 1 atom stereocenters. The fraction of sp³-hybridized carbons (Fsp3) is 0.417. The largest absolute Gasteiger partial charge is 0.408 e. The summed E-state index contributed by atoms with van der Waals surface area (Å²) in [6.45, 7) is 1.39. The Balaban J connectivity index is 2.67. The van der Waals surface area contributed by atoms with Gasteiger partial charge in [-0.05, 0) is 37.6 Å². The highest BCUT2D eigenvalue weighted by Crippen LogP contribution is 2.19. The lowest BCUT2D eigenvalue weighted by atomic mass is 10.1. The van der Waals surface area contributed by atoms with Gasteiger partial charge >= 0.3 is 6.18 Å². The van der Waals surface area contributed by atoms with Gasteiger partial charge in [-0.15, -0.1) is 0 Å². The van der Waals surface area contributed by atoms with E-state index in [1.165, 1.54) is 12.1 Å². The molecule has 0 aromatic heterocycles. The first-order valence-corrected chi connectivity index (χ1v) is 5.51. The van der Waals surface area contributed by atoms with Gasteiger partial charge in [-0.3, -0.25) is 4.79 Å². The predicted octanol–water partition coefficient (Wildman–Crippen LogP) is 1.87. The van der Waals surface area contributed by atoms with Crippen molar-refractivity contribution in [3.8, 4) is 0 Å². The smallest absolute Gasteiger partial charge is 0.341 e. The molecule has 0 aliphatic carbocycles. The number of halogens is 3. The van der Waals surface area contributed by atoms with Crippen molar-refractivity contribution in [2.45, 2.75) is 25.6 Å². The van der Waals surface area contributed by atoms with Crippen LogP contribution in [-0.4, -0.2) is 24.7 Å². The van der Waals surface area contributed by atoms with E-state index in [9.17, 15) is 18.0 Å². The monoisotopic (exact) mass is 260 g/mol. The molecule has 0 aliphatic heterocycles. The normalized spacial score (nSPS) is 13.2. The van der Waals surface area contributed by atoms with Crippen LogP contribution in [0.1, 0.15) is 22.8 Å². The number of benzene rings is 1. The van der Waals surface area contributed by atoms with E-state index in [1.807, 2.05) is 5.32 Å². The summed E-state index contributed by atoms with van der Waals surface area (Å²) in [5, 5.41) is 1.90. The average Bonchev–Trinajstić information content (AvgIpc) is 2.29. The Labute approximate surface area is 103 Å². The molecule has 0 spiro atoms. The van der Waals surface area contributed by atoms with Crippen molar-refractivity contribution in [2.24, 2.45) is 5.73 Å². The molecule has 0 aliphatic rings. The Bertz CT molecular complexity index is 401. The fourth-order valence-electron chi connectivity index (χ4n) is 1.35.